The van der Waals surface area contributed by atoms with Crippen LogP contribution in [0.5, 0.6) is 11.5 Å². The molecule has 0 aliphatic carbocycles. The molecular weight excluding hydrogens is 272 g/mol. The van der Waals surface area contributed by atoms with Crippen molar-refractivity contribution in [1.82, 2.24) is 5.32 Å². The fourth-order valence-corrected chi connectivity index (χ4v) is 1.68. The first-order valence-electron chi connectivity index (χ1n) is 6.27. The van der Waals surface area contributed by atoms with E-state index in [1.54, 1.807) is 18.2 Å². The van der Waals surface area contributed by atoms with Crippen molar-refractivity contribution in [2.45, 2.75) is 0 Å². The van der Waals surface area contributed by atoms with Crippen molar-refractivity contribution in [3.05, 3.63) is 29.3 Å². The molecule has 0 fully saturated rings. The van der Waals surface area contributed by atoms with Gasteiger partial charge in [0, 0.05) is 13.7 Å². The first-order chi connectivity index (χ1) is 10.2. The van der Waals surface area contributed by atoms with Crippen LogP contribution in [-0.4, -0.2) is 40.4 Å². The maximum Gasteiger partial charge on any atom is 0.262 e. The van der Waals surface area contributed by atoms with E-state index in [9.17, 15) is 4.79 Å². The molecule has 0 spiro atoms. The van der Waals surface area contributed by atoms with E-state index < -0.39 is 5.91 Å². The van der Waals surface area contributed by atoms with Crippen LogP contribution in [0.1, 0.15) is 5.56 Å². The predicted octanol–water partition coefficient (Wildman–Crippen LogP) is 1.37. The summed E-state index contributed by atoms with van der Waals surface area (Å²) in [6.45, 7) is 0.708. The van der Waals surface area contributed by atoms with Gasteiger partial charge in [-0.2, -0.15) is 5.26 Å². The van der Waals surface area contributed by atoms with Crippen molar-refractivity contribution in [2.24, 2.45) is 0 Å². The number of ether oxygens (including phenoxy) is 3. The maximum absolute atomic E-state index is 11.9. The second-order valence-corrected chi connectivity index (χ2v) is 3.99. The summed E-state index contributed by atoms with van der Waals surface area (Å²) < 4.78 is 15.3. The van der Waals surface area contributed by atoms with E-state index in [4.69, 9.17) is 19.5 Å². The van der Waals surface area contributed by atoms with E-state index in [0.717, 1.165) is 0 Å². The SMILES string of the molecule is COCCNC(=O)/C(C#N)=C/c1c(OC)cccc1OC. The average molecular weight is 290 g/mol. The number of nitriles is 1. The van der Waals surface area contributed by atoms with Crippen LogP contribution in [0.25, 0.3) is 6.08 Å². The fraction of sp³-hybridized carbons (Fsp3) is 0.333. The molecule has 0 bridgehead atoms. The lowest BCUT2D eigenvalue weighted by molar-refractivity contribution is -0.117. The van der Waals surface area contributed by atoms with Gasteiger partial charge in [-0.15, -0.1) is 0 Å². The lowest BCUT2D eigenvalue weighted by atomic mass is 10.1. The van der Waals surface area contributed by atoms with Gasteiger partial charge in [0.15, 0.2) is 0 Å². The summed E-state index contributed by atoms with van der Waals surface area (Å²) in [5.41, 5.74) is 0.509. The molecule has 1 aromatic rings. The van der Waals surface area contributed by atoms with Crippen LogP contribution in [0, 0.1) is 11.3 Å². The molecule has 0 atom stereocenters. The molecule has 0 saturated carbocycles. The lowest BCUT2D eigenvalue weighted by Crippen LogP contribution is -2.27. The Bertz CT molecular complexity index is 539. The van der Waals surface area contributed by atoms with Crippen molar-refractivity contribution in [3.63, 3.8) is 0 Å². The van der Waals surface area contributed by atoms with Gasteiger partial charge in [-0.05, 0) is 18.2 Å². The molecule has 0 aliphatic heterocycles. The van der Waals surface area contributed by atoms with Gasteiger partial charge in [0.1, 0.15) is 23.1 Å². The zero-order chi connectivity index (χ0) is 15.7. The zero-order valence-corrected chi connectivity index (χ0v) is 12.3. The van der Waals surface area contributed by atoms with Crippen LogP contribution in [0.15, 0.2) is 23.8 Å². The Morgan fingerprint density at radius 2 is 1.90 bits per heavy atom. The first-order valence-corrected chi connectivity index (χ1v) is 6.27. The number of nitrogens with zero attached hydrogens (tertiary/aromatic N) is 1. The Hall–Kier alpha value is -2.52. The number of nitrogens with one attached hydrogen (secondary N) is 1. The molecule has 21 heavy (non-hydrogen) atoms. The molecule has 0 aliphatic rings. The van der Waals surface area contributed by atoms with Crippen molar-refractivity contribution >= 4 is 12.0 Å². The highest BCUT2D eigenvalue weighted by atomic mass is 16.5. The van der Waals surface area contributed by atoms with E-state index >= 15 is 0 Å². The molecule has 1 amide bonds. The molecule has 1 rings (SSSR count). The molecular formula is C15H18N2O4. The normalized spacial score (nSPS) is 10.7. The zero-order valence-electron chi connectivity index (χ0n) is 12.3. The molecule has 6 heteroatoms. The Morgan fingerprint density at radius 3 is 2.38 bits per heavy atom. The number of hydrogen-bond acceptors (Lipinski definition) is 5. The molecule has 0 unspecified atom stereocenters. The standard InChI is InChI=1S/C15H18N2O4/c1-19-8-7-17-15(18)11(10-16)9-12-13(20-2)5-4-6-14(12)21-3/h4-6,9H,7-8H2,1-3H3,(H,17,18)/b11-9+. The lowest BCUT2D eigenvalue weighted by Gasteiger charge is -2.10. The highest BCUT2D eigenvalue weighted by Crippen LogP contribution is 2.30. The van der Waals surface area contributed by atoms with Crippen molar-refractivity contribution in [3.8, 4) is 17.6 Å². The van der Waals surface area contributed by atoms with Crippen LogP contribution < -0.4 is 14.8 Å². The van der Waals surface area contributed by atoms with E-state index in [2.05, 4.69) is 5.32 Å². The Morgan fingerprint density at radius 1 is 1.29 bits per heavy atom. The van der Waals surface area contributed by atoms with Crippen LogP contribution in [0.3, 0.4) is 0 Å². The minimum Gasteiger partial charge on any atom is -0.496 e. The summed E-state index contributed by atoms with van der Waals surface area (Å²) in [5, 5.41) is 11.7. The van der Waals surface area contributed by atoms with Gasteiger partial charge in [0.25, 0.3) is 5.91 Å². The van der Waals surface area contributed by atoms with Gasteiger partial charge >= 0.3 is 0 Å². The third-order valence-corrected chi connectivity index (χ3v) is 2.71. The van der Waals surface area contributed by atoms with Crippen LogP contribution in [0.2, 0.25) is 0 Å². The summed E-state index contributed by atoms with van der Waals surface area (Å²) in [4.78, 5) is 11.9. The van der Waals surface area contributed by atoms with Gasteiger partial charge in [0.05, 0.1) is 26.4 Å². The summed E-state index contributed by atoms with van der Waals surface area (Å²) in [6.07, 6.45) is 1.44. The molecule has 0 aromatic heterocycles. The topological polar surface area (TPSA) is 80.6 Å². The summed E-state index contributed by atoms with van der Waals surface area (Å²) in [6, 6.07) is 7.10. The number of methoxy groups -OCH3 is 3. The van der Waals surface area contributed by atoms with Gasteiger partial charge in [-0.25, -0.2) is 0 Å². The van der Waals surface area contributed by atoms with Crippen LogP contribution in [-0.2, 0) is 9.53 Å². The van der Waals surface area contributed by atoms with E-state index in [-0.39, 0.29) is 5.57 Å². The number of amides is 1. The third kappa shape index (κ3) is 4.51. The second-order valence-electron chi connectivity index (χ2n) is 3.99. The highest BCUT2D eigenvalue weighted by molar-refractivity contribution is 6.02. The van der Waals surface area contributed by atoms with Crippen molar-refractivity contribution < 1.29 is 19.0 Å². The van der Waals surface area contributed by atoms with Gasteiger partial charge in [0.2, 0.25) is 0 Å². The summed E-state index contributed by atoms with van der Waals surface area (Å²) in [5.74, 6) is 0.570. The van der Waals surface area contributed by atoms with E-state index in [0.29, 0.717) is 30.2 Å². The van der Waals surface area contributed by atoms with Gasteiger partial charge in [-0.3, -0.25) is 4.79 Å². The Kier molecular flexibility index (Phi) is 6.78. The molecule has 0 heterocycles. The number of rotatable bonds is 7. The van der Waals surface area contributed by atoms with Gasteiger partial charge in [-0.1, -0.05) is 6.07 Å². The monoisotopic (exact) mass is 290 g/mol. The molecule has 1 N–H and O–H groups in total. The summed E-state index contributed by atoms with van der Waals surface area (Å²) >= 11 is 0. The quantitative estimate of drug-likeness (QED) is 0.466. The molecule has 6 nitrogen and oxygen atoms in total. The highest BCUT2D eigenvalue weighted by Gasteiger charge is 2.13. The van der Waals surface area contributed by atoms with Crippen LogP contribution in [0.4, 0.5) is 0 Å². The van der Waals surface area contributed by atoms with E-state index in [1.807, 2.05) is 6.07 Å². The Balaban J connectivity index is 3.08. The molecule has 112 valence electrons. The molecule has 0 saturated heterocycles. The Labute approximate surface area is 123 Å². The average Bonchev–Trinajstić information content (AvgIpc) is 2.52. The van der Waals surface area contributed by atoms with Gasteiger partial charge < -0.3 is 19.5 Å². The first kappa shape index (κ1) is 16.5. The van der Waals surface area contributed by atoms with E-state index in [1.165, 1.54) is 27.4 Å². The minimum atomic E-state index is -0.470. The smallest absolute Gasteiger partial charge is 0.262 e. The molecule has 0 radical (unpaired) electrons. The molecule has 1 aromatic carbocycles. The predicted molar refractivity (Wildman–Crippen MR) is 78.0 cm³/mol. The largest absolute Gasteiger partial charge is 0.496 e. The minimum absolute atomic E-state index is 0.0334. The number of carbonyl (C=O) groups excluding carboxylic acids is 1. The maximum atomic E-state index is 11.9. The number of carbonyl (C=O) groups is 1. The fourth-order valence-electron chi connectivity index (χ4n) is 1.68. The number of benzene rings is 1. The third-order valence-electron chi connectivity index (χ3n) is 2.71. The van der Waals surface area contributed by atoms with Crippen LogP contribution >= 0.6 is 0 Å². The van der Waals surface area contributed by atoms with Crippen molar-refractivity contribution in [1.29, 1.82) is 5.26 Å². The van der Waals surface area contributed by atoms with Crippen molar-refractivity contribution in [2.75, 3.05) is 34.5 Å². The second kappa shape index (κ2) is 8.61. The number of hydrogen-bond donors (Lipinski definition) is 1. The summed E-state index contributed by atoms with van der Waals surface area (Å²) in [7, 11) is 4.56.